The Morgan fingerprint density at radius 1 is 1.14 bits per heavy atom. The van der Waals surface area contributed by atoms with E-state index in [2.05, 4.69) is 23.5 Å². The number of rotatable bonds is 3. The molecule has 21 heavy (non-hydrogen) atoms. The van der Waals surface area contributed by atoms with E-state index < -0.39 is 0 Å². The summed E-state index contributed by atoms with van der Waals surface area (Å²) < 4.78 is 0. The van der Waals surface area contributed by atoms with Crippen LogP contribution in [0.3, 0.4) is 0 Å². The number of hydrogen-bond donors (Lipinski definition) is 2. The first kappa shape index (κ1) is 13.8. The lowest BCUT2D eigenvalue weighted by atomic mass is 9.83. The van der Waals surface area contributed by atoms with Crippen molar-refractivity contribution in [3.8, 4) is 0 Å². The average Bonchev–Trinajstić information content (AvgIpc) is 2.54. The molecule has 0 saturated carbocycles. The highest BCUT2D eigenvalue weighted by Crippen LogP contribution is 2.26. The Bertz CT molecular complexity index is 651. The van der Waals surface area contributed by atoms with Crippen molar-refractivity contribution in [3.05, 3.63) is 65.2 Å². The van der Waals surface area contributed by atoms with Gasteiger partial charge >= 0.3 is 0 Å². The molecule has 1 unspecified atom stereocenters. The Morgan fingerprint density at radius 2 is 1.95 bits per heavy atom. The van der Waals surface area contributed by atoms with E-state index in [1.54, 1.807) is 0 Å². The van der Waals surface area contributed by atoms with Crippen molar-refractivity contribution in [2.45, 2.75) is 25.8 Å². The number of carbonyl (C=O) groups excluding carboxylic acids is 1. The van der Waals surface area contributed by atoms with Gasteiger partial charge in [0.2, 0.25) is 5.91 Å². The third kappa shape index (κ3) is 3.14. The average molecular weight is 280 g/mol. The lowest BCUT2D eigenvalue weighted by Crippen LogP contribution is -2.28. The van der Waals surface area contributed by atoms with E-state index in [9.17, 15) is 4.79 Å². The second kappa shape index (κ2) is 6.10. The Morgan fingerprint density at radius 3 is 2.76 bits per heavy atom. The van der Waals surface area contributed by atoms with Gasteiger partial charge in [-0.25, -0.2) is 0 Å². The van der Waals surface area contributed by atoms with Crippen molar-refractivity contribution in [1.82, 2.24) is 0 Å². The van der Waals surface area contributed by atoms with Gasteiger partial charge in [0.05, 0.1) is 0 Å². The number of aryl methyl sites for hydroxylation is 1. The van der Waals surface area contributed by atoms with E-state index in [1.807, 2.05) is 30.3 Å². The summed E-state index contributed by atoms with van der Waals surface area (Å²) in [7, 11) is 0. The quantitative estimate of drug-likeness (QED) is 0.908. The van der Waals surface area contributed by atoms with Crippen LogP contribution >= 0.6 is 0 Å². The van der Waals surface area contributed by atoms with Crippen LogP contribution in [0.4, 0.5) is 5.69 Å². The van der Waals surface area contributed by atoms with Crippen LogP contribution in [0.15, 0.2) is 48.5 Å². The molecule has 2 aromatic carbocycles. The van der Waals surface area contributed by atoms with Gasteiger partial charge in [-0.1, -0.05) is 36.4 Å². The normalized spacial score (nSPS) is 17.1. The molecule has 108 valence electrons. The summed E-state index contributed by atoms with van der Waals surface area (Å²) in [5.74, 6) is 0.167. The van der Waals surface area contributed by atoms with Gasteiger partial charge < -0.3 is 11.1 Å². The summed E-state index contributed by atoms with van der Waals surface area (Å²) in [6.07, 6.45) is 2.73. The Hall–Kier alpha value is -2.13. The van der Waals surface area contributed by atoms with E-state index in [1.165, 1.54) is 11.1 Å². The van der Waals surface area contributed by atoms with Gasteiger partial charge in [-0.05, 0) is 48.1 Å². The number of fused-ring (bicyclic) bond motifs is 1. The van der Waals surface area contributed by atoms with Gasteiger partial charge in [0, 0.05) is 18.2 Å². The summed E-state index contributed by atoms with van der Waals surface area (Å²) in [6, 6.07) is 16.1. The molecule has 0 saturated heterocycles. The van der Waals surface area contributed by atoms with Gasteiger partial charge in [-0.3, -0.25) is 4.79 Å². The molecule has 1 aliphatic rings. The van der Waals surface area contributed by atoms with Crippen molar-refractivity contribution >= 4 is 11.6 Å². The fraction of sp³-hybridized carbons (Fsp3) is 0.278. The third-order valence-corrected chi connectivity index (χ3v) is 4.15. The monoisotopic (exact) mass is 280 g/mol. The molecule has 2 aromatic rings. The standard InChI is InChI=1S/C18H20N2O/c19-12-13-4-3-7-17(10-13)20-18(21)16-9-8-14-5-1-2-6-15(14)11-16/h1-7,10,16H,8-9,11-12,19H2,(H,20,21). The summed E-state index contributed by atoms with van der Waals surface area (Å²) in [5, 5.41) is 3.02. The lowest BCUT2D eigenvalue weighted by Gasteiger charge is -2.23. The highest BCUT2D eigenvalue weighted by Gasteiger charge is 2.24. The number of carbonyl (C=O) groups is 1. The van der Waals surface area contributed by atoms with Crippen LogP contribution < -0.4 is 11.1 Å². The maximum atomic E-state index is 12.4. The number of nitrogens with one attached hydrogen (secondary N) is 1. The largest absolute Gasteiger partial charge is 0.326 e. The highest BCUT2D eigenvalue weighted by atomic mass is 16.1. The van der Waals surface area contributed by atoms with Crippen molar-refractivity contribution in [2.75, 3.05) is 5.32 Å². The fourth-order valence-electron chi connectivity index (χ4n) is 2.94. The summed E-state index contributed by atoms with van der Waals surface area (Å²) >= 11 is 0. The van der Waals surface area contributed by atoms with Crippen LogP contribution in [0.2, 0.25) is 0 Å². The molecule has 1 atom stereocenters. The van der Waals surface area contributed by atoms with Crippen LogP contribution in [0.5, 0.6) is 0 Å². The minimum atomic E-state index is 0.0569. The topological polar surface area (TPSA) is 55.1 Å². The molecule has 0 aromatic heterocycles. The van der Waals surface area contributed by atoms with E-state index in [-0.39, 0.29) is 11.8 Å². The maximum Gasteiger partial charge on any atom is 0.227 e. The third-order valence-electron chi connectivity index (χ3n) is 4.15. The van der Waals surface area contributed by atoms with Crippen LogP contribution in [-0.2, 0) is 24.2 Å². The maximum absolute atomic E-state index is 12.4. The molecule has 3 nitrogen and oxygen atoms in total. The first-order chi connectivity index (χ1) is 10.3. The number of hydrogen-bond acceptors (Lipinski definition) is 2. The predicted molar refractivity (Wildman–Crippen MR) is 84.9 cm³/mol. The number of anilines is 1. The van der Waals surface area contributed by atoms with Gasteiger partial charge in [0.15, 0.2) is 0 Å². The van der Waals surface area contributed by atoms with Gasteiger partial charge in [-0.2, -0.15) is 0 Å². The van der Waals surface area contributed by atoms with Crippen molar-refractivity contribution in [1.29, 1.82) is 0 Å². The molecule has 0 aliphatic heterocycles. The van der Waals surface area contributed by atoms with Crippen molar-refractivity contribution in [3.63, 3.8) is 0 Å². The zero-order valence-corrected chi connectivity index (χ0v) is 12.0. The zero-order chi connectivity index (χ0) is 14.7. The van der Waals surface area contributed by atoms with E-state index >= 15 is 0 Å². The first-order valence-electron chi connectivity index (χ1n) is 7.43. The number of amides is 1. The Labute approximate surface area is 125 Å². The van der Waals surface area contributed by atoms with Crippen LogP contribution in [0.1, 0.15) is 23.1 Å². The molecule has 1 amide bonds. The Kier molecular flexibility index (Phi) is 4.02. The van der Waals surface area contributed by atoms with E-state index in [4.69, 9.17) is 5.73 Å². The molecule has 0 radical (unpaired) electrons. The van der Waals surface area contributed by atoms with Gasteiger partial charge in [-0.15, -0.1) is 0 Å². The van der Waals surface area contributed by atoms with Crippen LogP contribution in [0, 0.1) is 5.92 Å². The lowest BCUT2D eigenvalue weighted by molar-refractivity contribution is -0.120. The SMILES string of the molecule is NCc1cccc(NC(=O)C2CCc3ccccc3C2)c1. The molecule has 3 rings (SSSR count). The number of benzene rings is 2. The molecule has 3 heteroatoms. The van der Waals surface area contributed by atoms with Crippen LogP contribution in [0.25, 0.3) is 0 Å². The minimum Gasteiger partial charge on any atom is -0.326 e. The van der Waals surface area contributed by atoms with Gasteiger partial charge in [0.1, 0.15) is 0 Å². The fourth-order valence-corrected chi connectivity index (χ4v) is 2.94. The second-order valence-electron chi connectivity index (χ2n) is 5.60. The second-order valence-corrected chi connectivity index (χ2v) is 5.60. The molecular formula is C18H20N2O. The molecule has 0 heterocycles. The summed E-state index contributed by atoms with van der Waals surface area (Å²) in [6.45, 7) is 0.487. The van der Waals surface area contributed by atoms with Gasteiger partial charge in [0.25, 0.3) is 0 Å². The molecule has 3 N–H and O–H groups in total. The van der Waals surface area contributed by atoms with E-state index in [0.29, 0.717) is 6.54 Å². The summed E-state index contributed by atoms with van der Waals surface area (Å²) in [5.41, 5.74) is 10.2. The van der Waals surface area contributed by atoms with E-state index in [0.717, 1.165) is 30.5 Å². The highest BCUT2D eigenvalue weighted by molar-refractivity contribution is 5.93. The zero-order valence-electron chi connectivity index (χ0n) is 12.0. The summed E-state index contributed by atoms with van der Waals surface area (Å²) in [4.78, 5) is 12.4. The first-order valence-corrected chi connectivity index (χ1v) is 7.43. The molecule has 0 spiro atoms. The van der Waals surface area contributed by atoms with Crippen LogP contribution in [-0.4, -0.2) is 5.91 Å². The van der Waals surface area contributed by atoms with Crippen molar-refractivity contribution in [2.24, 2.45) is 11.7 Å². The molecule has 0 bridgehead atoms. The minimum absolute atomic E-state index is 0.0569. The Balaban J connectivity index is 1.69. The molecular weight excluding hydrogens is 260 g/mol. The predicted octanol–water partition coefficient (Wildman–Crippen LogP) is 2.89. The molecule has 0 fully saturated rings. The smallest absolute Gasteiger partial charge is 0.227 e. The number of nitrogens with two attached hydrogens (primary N) is 1. The van der Waals surface area contributed by atoms with Crippen molar-refractivity contribution < 1.29 is 4.79 Å². The molecule has 1 aliphatic carbocycles.